The average Bonchev–Trinajstić information content (AvgIpc) is 2.63. The fraction of sp³-hybridized carbons (Fsp3) is 0.227. The van der Waals surface area contributed by atoms with Crippen LogP contribution in [0.2, 0.25) is 0 Å². The monoisotopic (exact) mass is 347 g/mol. The number of rotatable bonds is 7. The van der Waals surface area contributed by atoms with Crippen molar-refractivity contribution in [2.24, 2.45) is 0 Å². The zero-order valence-electron chi connectivity index (χ0n) is 15.1. The lowest BCUT2D eigenvalue weighted by atomic mass is 10.1. The van der Waals surface area contributed by atoms with Gasteiger partial charge in [0.2, 0.25) is 5.91 Å². The summed E-state index contributed by atoms with van der Waals surface area (Å²) in [6.45, 7) is 1.74. The molecule has 0 saturated heterocycles. The van der Waals surface area contributed by atoms with Gasteiger partial charge in [0, 0.05) is 13.0 Å². The predicted octanol–water partition coefficient (Wildman–Crippen LogP) is 4.27. The minimum Gasteiger partial charge on any atom is -0.397 e. The van der Waals surface area contributed by atoms with Gasteiger partial charge in [-0.15, -0.1) is 0 Å². The summed E-state index contributed by atoms with van der Waals surface area (Å²) in [5.74, 6) is 0.00186. The second kappa shape index (κ2) is 8.50. The van der Waals surface area contributed by atoms with Crippen LogP contribution in [-0.2, 0) is 11.3 Å². The molecular formula is C22H25N3O. The van der Waals surface area contributed by atoms with E-state index >= 15 is 0 Å². The Hall–Kier alpha value is -2.85. The van der Waals surface area contributed by atoms with Gasteiger partial charge in [-0.3, -0.25) is 4.79 Å². The minimum absolute atomic E-state index is 0.00186. The quantitative estimate of drug-likeness (QED) is 0.628. The van der Waals surface area contributed by atoms with Gasteiger partial charge in [-0.1, -0.05) is 48.5 Å². The maximum atomic E-state index is 12.1. The number of nitrogens with one attached hydrogen (secondary N) is 1. The molecule has 3 N–H and O–H groups in total. The van der Waals surface area contributed by atoms with E-state index in [0.717, 1.165) is 19.5 Å². The molecule has 0 aliphatic heterocycles. The molecule has 4 nitrogen and oxygen atoms in total. The number of carbonyl (C=O) groups is 1. The highest BCUT2D eigenvalue weighted by Crippen LogP contribution is 2.18. The van der Waals surface area contributed by atoms with Crippen LogP contribution in [0.25, 0.3) is 10.8 Å². The first-order chi connectivity index (χ1) is 12.6. The smallest absolute Gasteiger partial charge is 0.224 e. The first-order valence-electron chi connectivity index (χ1n) is 8.92. The lowest BCUT2D eigenvalue weighted by Crippen LogP contribution is -2.21. The van der Waals surface area contributed by atoms with Gasteiger partial charge in [0.05, 0.1) is 11.4 Å². The normalized spacial score (nSPS) is 11.0. The molecule has 0 aliphatic carbocycles. The highest BCUT2D eigenvalue weighted by atomic mass is 16.1. The maximum absolute atomic E-state index is 12.1. The standard InChI is InChI=1S/C22H25N3O/c1-25(16-17-12-13-18-7-2-3-8-19(18)15-17)14-6-11-22(26)24-21-10-5-4-9-20(21)23/h2-5,7-10,12-13,15H,6,11,14,16,23H2,1H3,(H,24,26). The number of amides is 1. The Labute approximate surface area is 154 Å². The summed E-state index contributed by atoms with van der Waals surface area (Å²) < 4.78 is 0. The third kappa shape index (κ3) is 4.83. The van der Waals surface area contributed by atoms with Crippen molar-refractivity contribution in [3.63, 3.8) is 0 Å². The zero-order valence-corrected chi connectivity index (χ0v) is 15.1. The number of para-hydroxylation sites is 2. The van der Waals surface area contributed by atoms with Gasteiger partial charge < -0.3 is 16.0 Å². The summed E-state index contributed by atoms with van der Waals surface area (Å²) in [5.41, 5.74) is 8.41. The zero-order chi connectivity index (χ0) is 18.4. The van der Waals surface area contributed by atoms with Gasteiger partial charge in [-0.2, -0.15) is 0 Å². The van der Waals surface area contributed by atoms with Crippen molar-refractivity contribution in [2.75, 3.05) is 24.6 Å². The number of benzene rings is 3. The number of anilines is 2. The first kappa shape index (κ1) is 18.0. The number of carbonyl (C=O) groups excluding carboxylic acids is 1. The molecule has 0 heterocycles. The molecule has 3 aromatic rings. The second-order valence-electron chi connectivity index (χ2n) is 6.66. The number of fused-ring (bicyclic) bond motifs is 1. The van der Waals surface area contributed by atoms with E-state index in [2.05, 4.69) is 59.7 Å². The molecule has 134 valence electrons. The van der Waals surface area contributed by atoms with Crippen LogP contribution in [0.5, 0.6) is 0 Å². The van der Waals surface area contributed by atoms with Crippen molar-refractivity contribution in [3.8, 4) is 0 Å². The molecule has 0 unspecified atom stereocenters. The number of nitrogens with zero attached hydrogens (tertiary/aromatic N) is 1. The molecule has 3 aromatic carbocycles. The highest BCUT2D eigenvalue weighted by Gasteiger charge is 2.06. The van der Waals surface area contributed by atoms with E-state index in [1.54, 1.807) is 6.07 Å². The van der Waals surface area contributed by atoms with Crippen molar-refractivity contribution in [2.45, 2.75) is 19.4 Å². The SMILES string of the molecule is CN(CCCC(=O)Nc1ccccc1N)Cc1ccc2ccccc2c1. The van der Waals surface area contributed by atoms with E-state index in [4.69, 9.17) is 5.73 Å². The van der Waals surface area contributed by atoms with Gasteiger partial charge in [0.1, 0.15) is 0 Å². The molecular weight excluding hydrogens is 322 g/mol. The third-order valence-corrected chi connectivity index (χ3v) is 4.44. The molecule has 26 heavy (non-hydrogen) atoms. The Morgan fingerprint density at radius 2 is 1.73 bits per heavy atom. The minimum atomic E-state index is 0.00186. The van der Waals surface area contributed by atoms with Gasteiger partial charge in [-0.05, 0) is 54.5 Å². The third-order valence-electron chi connectivity index (χ3n) is 4.44. The molecule has 0 spiro atoms. The van der Waals surface area contributed by atoms with Crippen LogP contribution in [-0.4, -0.2) is 24.4 Å². The van der Waals surface area contributed by atoms with Gasteiger partial charge in [-0.25, -0.2) is 0 Å². The van der Waals surface area contributed by atoms with Crippen molar-refractivity contribution in [1.82, 2.24) is 4.90 Å². The summed E-state index contributed by atoms with van der Waals surface area (Å²) >= 11 is 0. The molecule has 0 saturated carbocycles. The van der Waals surface area contributed by atoms with Crippen LogP contribution in [0.1, 0.15) is 18.4 Å². The van der Waals surface area contributed by atoms with Crippen LogP contribution >= 0.6 is 0 Å². The Kier molecular flexibility index (Phi) is 5.87. The van der Waals surface area contributed by atoms with Gasteiger partial charge >= 0.3 is 0 Å². The lowest BCUT2D eigenvalue weighted by molar-refractivity contribution is -0.116. The Morgan fingerprint density at radius 1 is 1.00 bits per heavy atom. The van der Waals surface area contributed by atoms with Crippen LogP contribution in [0.3, 0.4) is 0 Å². The van der Waals surface area contributed by atoms with E-state index in [1.807, 2.05) is 18.2 Å². The van der Waals surface area contributed by atoms with Crippen LogP contribution in [0.15, 0.2) is 66.7 Å². The molecule has 0 atom stereocenters. The van der Waals surface area contributed by atoms with Crippen molar-refractivity contribution >= 4 is 28.1 Å². The van der Waals surface area contributed by atoms with E-state index in [-0.39, 0.29) is 5.91 Å². The number of hydrogen-bond donors (Lipinski definition) is 2. The topological polar surface area (TPSA) is 58.4 Å². The molecule has 0 aromatic heterocycles. The molecule has 3 rings (SSSR count). The summed E-state index contributed by atoms with van der Waals surface area (Å²) in [7, 11) is 2.09. The number of hydrogen-bond acceptors (Lipinski definition) is 3. The first-order valence-corrected chi connectivity index (χ1v) is 8.92. The predicted molar refractivity (Wildman–Crippen MR) is 109 cm³/mol. The number of nitrogens with two attached hydrogens (primary N) is 1. The van der Waals surface area contributed by atoms with Gasteiger partial charge in [0.25, 0.3) is 0 Å². The van der Waals surface area contributed by atoms with E-state index in [0.29, 0.717) is 17.8 Å². The maximum Gasteiger partial charge on any atom is 0.224 e. The fourth-order valence-corrected chi connectivity index (χ4v) is 3.06. The summed E-state index contributed by atoms with van der Waals surface area (Å²) in [6, 6.07) is 22.3. The Bertz CT molecular complexity index is 891. The van der Waals surface area contributed by atoms with Crippen molar-refractivity contribution < 1.29 is 4.79 Å². The summed E-state index contributed by atoms with van der Waals surface area (Å²) in [6.07, 6.45) is 1.29. The van der Waals surface area contributed by atoms with E-state index in [9.17, 15) is 4.79 Å². The van der Waals surface area contributed by atoms with E-state index in [1.165, 1.54) is 16.3 Å². The van der Waals surface area contributed by atoms with Crippen LogP contribution in [0, 0.1) is 0 Å². The summed E-state index contributed by atoms with van der Waals surface area (Å²) in [5, 5.41) is 5.39. The number of nitrogen functional groups attached to an aromatic ring is 1. The van der Waals surface area contributed by atoms with Crippen LogP contribution < -0.4 is 11.1 Å². The van der Waals surface area contributed by atoms with Crippen molar-refractivity contribution in [3.05, 3.63) is 72.3 Å². The molecule has 4 heteroatoms. The average molecular weight is 347 g/mol. The fourth-order valence-electron chi connectivity index (χ4n) is 3.06. The van der Waals surface area contributed by atoms with E-state index < -0.39 is 0 Å². The molecule has 0 fully saturated rings. The lowest BCUT2D eigenvalue weighted by Gasteiger charge is -2.17. The summed E-state index contributed by atoms with van der Waals surface area (Å²) in [4.78, 5) is 14.3. The Balaban J connectivity index is 1.45. The Morgan fingerprint density at radius 3 is 2.54 bits per heavy atom. The molecule has 1 amide bonds. The molecule has 0 aliphatic rings. The van der Waals surface area contributed by atoms with Crippen molar-refractivity contribution in [1.29, 1.82) is 0 Å². The molecule has 0 bridgehead atoms. The molecule has 0 radical (unpaired) electrons. The second-order valence-corrected chi connectivity index (χ2v) is 6.66. The van der Waals surface area contributed by atoms with Crippen LogP contribution in [0.4, 0.5) is 11.4 Å². The highest BCUT2D eigenvalue weighted by molar-refractivity contribution is 5.93. The largest absolute Gasteiger partial charge is 0.397 e. The van der Waals surface area contributed by atoms with Gasteiger partial charge in [0.15, 0.2) is 0 Å².